The summed E-state index contributed by atoms with van der Waals surface area (Å²) in [5, 5.41) is 0. The Morgan fingerprint density at radius 3 is 2.82 bits per heavy atom. The first-order chi connectivity index (χ1) is 13.4. The lowest BCUT2D eigenvalue weighted by Gasteiger charge is -2.28. The fraction of sp³-hybridized carbons (Fsp3) is 0.421. The van der Waals surface area contributed by atoms with Gasteiger partial charge in [0.15, 0.2) is 5.92 Å². The van der Waals surface area contributed by atoms with Crippen molar-refractivity contribution in [2.75, 3.05) is 21.2 Å². The van der Waals surface area contributed by atoms with Crippen molar-refractivity contribution < 1.29 is 28.1 Å². The number of hydrogen-bond acceptors (Lipinski definition) is 7. The van der Waals surface area contributed by atoms with Crippen LogP contribution in [-0.2, 0) is 15.3 Å². The Morgan fingerprint density at radius 2 is 2.14 bits per heavy atom. The lowest BCUT2D eigenvalue weighted by Crippen LogP contribution is -2.52. The zero-order valence-corrected chi connectivity index (χ0v) is 17.0. The predicted octanol–water partition coefficient (Wildman–Crippen LogP) is 2.69. The van der Waals surface area contributed by atoms with Gasteiger partial charge in [0.05, 0.1) is 27.0 Å². The molecule has 0 radical (unpaired) electrons. The first kappa shape index (κ1) is 20.1. The second-order valence-corrected chi connectivity index (χ2v) is 7.49. The molecule has 0 bridgehead atoms. The topological polar surface area (TPSA) is 92.2 Å². The number of carbonyl (C=O) groups excluding carboxylic acids is 3. The number of aliphatic imine (C=N–C) groups is 1. The van der Waals surface area contributed by atoms with Crippen LogP contribution in [0.25, 0.3) is 0 Å². The van der Waals surface area contributed by atoms with Crippen molar-refractivity contribution >= 4 is 41.7 Å². The number of imide groups is 1. The number of thioether (sulfide) groups is 1. The SMILES string of the molecule is CCCC1=C(SCc2ccc(C(=O)OC)o2)C2C(=O)N(C)C(=O)[N+](C)=C2N=C1. The normalized spacial score (nSPS) is 19.4. The van der Waals surface area contributed by atoms with Gasteiger partial charge >= 0.3 is 17.9 Å². The molecule has 3 amide bonds. The molecule has 28 heavy (non-hydrogen) atoms. The van der Waals surface area contributed by atoms with Gasteiger partial charge in [0.1, 0.15) is 12.0 Å². The number of ether oxygens (including phenoxy) is 1. The largest absolute Gasteiger partial charge is 0.463 e. The Bertz CT molecular complexity index is 928. The number of esters is 1. The van der Waals surface area contributed by atoms with Crippen molar-refractivity contribution in [1.29, 1.82) is 0 Å². The summed E-state index contributed by atoms with van der Waals surface area (Å²) in [5.74, 6) is 0.166. The predicted molar refractivity (Wildman–Crippen MR) is 105 cm³/mol. The lowest BCUT2D eigenvalue weighted by molar-refractivity contribution is -0.407. The van der Waals surface area contributed by atoms with E-state index in [1.807, 2.05) is 0 Å². The average Bonchev–Trinajstić information content (AvgIpc) is 3.18. The number of fused-ring (bicyclic) bond motifs is 1. The third kappa shape index (κ3) is 3.54. The van der Waals surface area contributed by atoms with Crippen LogP contribution in [0.15, 0.2) is 32.0 Å². The molecule has 2 aliphatic heterocycles. The van der Waals surface area contributed by atoms with E-state index in [1.54, 1.807) is 25.4 Å². The van der Waals surface area contributed by atoms with Gasteiger partial charge in [-0.3, -0.25) is 4.79 Å². The summed E-state index contributed by atoms with van der Waals surface area (Å²) < 4.78 is 11.6. The fourth-order valence-corrected chi connectivity index (χ4v) is 4.31. The van der Waals surface area contributed by atoms with Gasteiger partial charge in [-0.1, -0.05) is 13.3 Å². The number of methoxy groups -OCH3 is 1. The number of furan rings is 1. The maximum atomic E-state index is 12.9. The maximum absolute atomic E-state index is 12.9. The smallest absolute Gasteiger partial charge is 0.445 e. The number of carbonyl (C=O) groups is 3. The van der Waals surface area contributed by atoms with Crippen molar-refractivity contribution in [3.63, 3.8) is 0 Å². The summed E-state index contributed by atoms with van der Waals surface area (Å²) in [7, 11) is 4.39. The van der Waals surface area contributed by atoms with E-state index in [0.29, 0.717) is 17.3 Å². The van der Waals surface area contributed by atoms with E-state index in [4.69, 9.17) is 4.42 Å². The third-order valence-corrected chi connectivity index (χ3v) is 5.86. The number of amides is 3. The van der Waals surface area contributed by atoms with Gasteiger partial charge in [-0.05, 0) is 24.1 Å². The van der Waals surface area contributed by atoms with E-state index in [0.717, 1.165) is 28.2 Å². The Balaban J connectivity index is 1.92. The van der Waals surface area contributed by atoms with Crippen LogP contribution in [0.2, 0.25) is 0 Å². The lowest BCUT2D eigenvalue weighted by atomic mass is 9.96. The zero-order valence-electron chi connectivity index (χ0n) is 16.2. The van der Waals surface area contributed by atoms with Gasteiger partial charge in [0.25, 0.3) is 5.84 Å². The van der Waals surface area contributed by atoms with Crippen LogP contribution in [0.5, 0.6) is 0 Å². The van der Waals surface area contributed by atoms with Crippen molar-refractivity contribution in [1.82, 2.24) is 4.90 Å². The summed E-state index contributed by atoms with van der Waals surface area (Å²) in [6.45, 7) is 2.06. The Morgan fingerprint density at radius 1 is 1.39 bits per heavy atom. The quantitative estimate of drug-likeness (QED) is 0.535. The van der Waals surface area contributed by atoms with E-state index in [2.05, 4.69) is 16.7 Å². The number of dihydropyridines is 1. The second kappa shape index (κ2) is 8.14. The van der Waals surface area contributed by atoms with E-state index >= 15 is 0 Å². The minimum absolute atomic E-state index is 0.136. The molecule has 9 heteroatoms. The van der Waals surface area contributed by atoms with Crippen molar-refractivity contribution in [3.8, 4) is 0 Å². The molecule has 0 aliphatic carbocycles. The summed E-state index contributed by atoms with van der Waals surface area (Å²) in [5.41, 5.74) is 0.977. The van der Waals surface area contributed by atoms with Gasteiger partial charge in [-0.2, -0.15) is 9.48 Å². The van der Waals surface area contributed by atoms with E-state index in [-0.39, 0.29) is 11.7 Å². The Labute approximate surface area is 166 Å². The number of urea groups is 1. The molecule has 0 saturated heterocycles. The molecule has 3 heterocycles. The number of allylic oxidation sites excluding steroid dienone is 1. The molecule has 1 unspecified atom stereocenters. The molecular formula is C19H22N3O5S+. The third-order valence-electron chi connectivity index (χ3n) is 4.62. The maximum Gasteiger partial charge on any atom is 0.445 e. The molecule has 0 spiro atoms. The van der Waals surface area contributed by atoms with Gasteiger partial charge in [-0.15, -0.1) is 16.8 Å². The number of amidine groups is 1. The van der Waals surface area contributed by atoms with E-state index in [1.165, 1.54) is 30.5 Å². The van der Waals surface area contributed by atoms with Crippen molar-refractivity contribution in [3.05, 3.63) is 34.1 Å². The number of nitrogens with zero attached hydrogens (tertiary/aromatic N) is 3. The molecule has 0 N–H and O–H groups in total. The average molecular weight is 404 g/mol. The summed E-state index contributed by atoms with van der Waals surface area (Å²) in [4.78, 5) is 43.1. The monoisotopic (exact) mass is 404 g/mol. The molecule has 0 aromatic carbocycles. The zero-order chi connectivity index (χ0) is 20.4. The molecule has 2 aliphatic rings. The Kier molecular flexibility index (Phi) is 5.83. The van der Waals surface area contributed by atoms with E-state index in [9.17, 15) is 14.4 Å². The molecule has 148 valence electrons. The van der Waals surface area contributed by atoms with Gasteiger partial charge in [0, 0.05) is 4.91 Å². The number of rotatable bonds is 6. The Hall–Kier alpha value is -2.68. The minimum Gasteiger partial charge on any atom is -0.463 e. The van der Waals surface area contributed by atoms with Gasteiger partial charge in [0.2, 0.25) is 5.76 Å². The number of hydrogen-bond donors (Lipinski definition) is 0. The highest BCUT2D eigenvalue weighted by Crippen LogP contribution is 2.37. The molecule has 1 aromatic heterocycles. The minimum atomic E-state index is -0.612. The van der Waals surface area contributed by atoms with Crippen LogP contribution in [0.4, 0.5) is 4.79 Å². The molecule has 8 nitrogen and oxygen atoms in total. The van der Waals surface area contributed by atoms with Crippen LogP contribution in [0.1, 0.15) is 36.1 Å². The second-order valence-electron chi connectivity index (χ2n) is 6.47. The molecule has 0 saturated carbocycles. The van der Waals surface area contributed by atoms with Gasteiger partial charge in [-0.25, -0.2) is 9.59 Å². The molecular weight excluding hydrogens is 382 g/mol. The van der Waals surface area contributed by atoms with Crippen LogP contribution in [0, 0.1) is 5.92 Å². The highest BCUT2D eigenvalue weighted by atomic mass is 32.2. The van der Waals surface area contributed by atoms with Crippen LogP contribution >= 0.6 is 11.8 Å². The van der Waals surface area contributed by atoms with Crippen LogP contribution in [-0.4, -0.2) is 60.6 Å². The standard InChI is InChI=1S/C19H22N3O5S/c1-5-6-11-9-20-16-14(17(23)22(3)19(25)21(16)2)15(11)28-10-12-7-8-13(27-12)18(24)26-4/h7-9,14H,5-6,10H2,1-4H3/q+1. The first-order valence-corrected chi connectivity index (χ1v) is 9.86. The van der Waals surface area contributed by atoms with Gasteiger partial charge < -0.3 is 9.15 Å². The highest BCUT2D eigenvalue weighted by Gasteiger charge is 2.48. The molecule has 1 aromatic rings. The summed E-state index contributed by atoms with van der Waals surface area (Å²) in [6, 6.07) is 2.88. The van der Waals surface area contributed by atoms with Crippen molar-refractivity contribution in [2.45, 2.75) is 25.5 Å². The molecule has 3 rings (SSSR count). The summed E-state index contributed by atoms with van der Waals surface area (Å²) >= 11 is 1.46. The van der Waals surface area contributed by atoms with Crippen LogP contribution < -0.4 is 0 Å². The molecule has 1 atom stereocenters. The summed E-state index contributed by atoms with van der Waals surface area (Å²) in [6.07, 6.45) is 3.41. The van der Waals surface area contributed by atoms with Crippen LogP contribution in [0.3, 0.4) is 0 Å². The molecule has 0 fully saturated rings. The van der Waals surface area contributed by atoms with E-state index < -0.39 is 17.9 Å². The fourth-order valence-electron chi connectivity index (χ4n) is 3.15. The van der Waals surface area contributed by atoms with Crippen molar-refractivity contribution in [2.24, 2.45) is 10.9 Å². The highest BCUT2D eigenvalue weighted by molar-refractivity contribution is 8.02. The first-order valence-electron chi connectivity index (χ1n) is 8.88.